The number of rotatable bonds is 7. The van der Waals surface area contributed by atoms with Crippen molar-refractivity contribution in [3.05, 3.63) is 48.6 Å². The highest BCUT2D eigenvalue weighted by Gasteiger charge is 2.44. The highest BCUT2D eigenvalue weighted by atomic mass is 16.7. The second-order valence-corrected chi connectivity index (χ2v) is 5.61. The number of methoxy groups -OCH3 is 1. The molecule has 0 N–H and O–H groups in total. The molecule has 2 rings (SSSR count). The average molecular weight is 318 g/mol. The van der Waals surface area contributed by atoms with Gasteiger partial charge in [0.2, 0.25) is 0 Å². The molecule has 124 valence electrons. The molecule has 0 unspecified atom stereocenters. The van der Waals surface area contributed by atoms with Gasteiger partial charge in [-0.25, -0.2) is 0 Å². The van der Waals surface area contributed by atoms with Crippen molar-refractivity contribution in [3.63, 3.8) is 0 Å². The van der Waals surface area contributed by atoms with Crippen LogP contribution in [0.1, 0.15) is 18.9 Å². The molecule has 1 aliphatic heterocycles. The fourth-order valence-corrected chi connectivity index (χ4v) is 2.70. The quantitative estimate of drug-likeness (QED) is 0.439. The number of Topliss-reactive ketones (excluding diaryl/α,β-unsaturated/α-hetero) is 1. The van der Waals surface area contributed by atoms with Crippen molar-refractivity contribution in [1.82, 2.24) is 0 Å². The molecule has 0 spiro atoms. The molecule has 5 heteroatoms. The van der Waals surface area contributed by atoms with Crippen LogP contribution in [0.5, 0.6) is 0 Å². The molecular weight excluding hydrogens is 296 g/mol. The molecule has 0 bridgehead atoms. The number of benzene rings is 1. The van der Waals surface area contributed by atoms with E-state index < -0.39 is 18.4 Å². The first-order valence-electron chi connectivity index (χ1n) is 7.60. The number of hydrogen-bond donors (Lipinski definition) is 0. The molecule has 1 saturated heterocycles. The van der Waals surface area contributed by atoms with Crippen molar-refractivity contribution in [2.45, 2.75) is 32.3 Å². The third-order valence-corrected chi connectivity index (χ3v) is 4.06. The lowest BCUT2D eigenvalue weighted by atomic mass is 9.89. The van der Waals surface area contributed by atoms with E-state index in [2.05, 4.69) is 11.3 Å². The van der Waals surface area contributed by atoms with Crippen molar-refractivity contribution in [2.24, 2.45) is 11.8 Å². The van der Waals surface area contributed by atoms with Gasteiger partial charge in [0, 0.05) is 11.8 Å². The summed E-state index contributed by atoms with van der Waals surface area (Å²) in [7, 11) is 1.25. The number of ether oxygens (including phenoxy) is 3. The minimum absolute atomic E-state index is 0.0252. The maximum Gasteiger partial charge on any atom is 0.313 e. The molecule has 1 fully saturated rings. The Morgan fingerprint density at radius 2 is 2.00 bits per heavy atom. The smallest absolute Gasteiger partial charge is 0.313 e. The van der Waals surface area contributed by atoms with Crippen molar-refractivity contribution >= 4 is 11.8 Å². The van der Waals surface area contributed by atoms with E-state index in [1.807, 2.05) is 37.3 Å². The summed E-state index contributed by atoms with van der Waals surface area (Å²) in [6.07, 6.45) is 0.159. The summed E-state index contributed by atoms with van der Waals surface area (Å²) in [5.41, 5.74) is 1.03. The molecule has 5 nitrogen and oxygen atoms in total. The molecule has 1 aromatic rings. The van der Waals surface area contributed by atoms with Crippen LogP contribution >= 0.6 is 0 Å². The second-order valence-electron chi connectivity index (χ2n) is 5.61. The summed E-state index contributed by atoms with van der Waals surface area (Å²) >= 11 is 0. The van der Waals surface area contributed by atoms with Crippen molar-refractivity contribution in [1.29, 1.82) is 0 Å². The molecule has 0 aromatic heterocycles. The highest BCUT2D eigenvalue weighted by Crippen LogP contribution is 2.35. The Hall–Kier alpha value is -1.98. The topological polar surface area (TPSA) is 61.8 Å². The maximum atomic E-state index is 12.2. The van der Waals surface area contributed by atoms with Crippen LogP contribution in [0.4, 0.5) is 0 Å². The van der Waals surface area contributed by atoms with Gasteiger partial charge in [0.25, 0.3) is 0 Å². The van der Waals surface area contributed by atoms with Gasteiger partial charge in [0.1, 0.15) is 12.5 Å². The van der Waals surface area contributed by atoms with Crippen LogP contribution in [-0.4, -0.2) is 31.3 Å². The van der Waals surface area contributed by atoms with Gasteiger partial charge < -0.3 is 14.2 Å². The van der Waals surface area contributed by atoms with Gasteiger partial charge >= 0.3 is 5.97 Å². The first-order chi connectivity index (χ1) is 11.1. The molecular formula is C18H22O5. The number of esters is 1. The zero-order valence-electron chi connectivity index (χ0n) is 13.4. The van der Waals surface area contributed by atoms with Crippen LogP contribution in [0.25, 0.3) is 0 Å². The summed E-state index contributed by atoms with van der Waals surface area (Å²) in [6.45, 7) is 6.13. The van der Waals surface area contributed by atoms with E-state index in [0.29, 0.717) is 6.61 Å². The standard InChI is InChI=1S/C18H22O5/c1-4-14-12(2)18(22-11-13-8-6-5-7-9-13)23-17(14)15(19)10-16(20)21-3/h4-9,12,14,17-18H,1,10-11H2,2-3H3/t12-,14-,17+,18-/m0/s1. The number of ketones is 1. The van der Waals surface area contributed by atoms with E-state index in [4.69, 9.17) is 9.47 Å². The van der Waals surface area contributed by atoms with Crippen LogP contribution in [0, 0.1) is 11.8 Å². The minimum atomic E-state index is -0.720. The molecule has 23 heavy (non-hydrogen) atoms. The van der Waals surface area contributed by atoms with E-state index in [0.717, 1.165) is 5.56 Å². The van der Waals surface area contributed by atoms with E-state index in [-0.39, 0.29) is 24.0 Å². The van der Waals surface area contributed by atoms with E-state index in [9.17, 15) is 9.59 Å². The summed E-state index contributed by atoms with van der Waals surface area (Å²) in [6, 6.07) is 9.74. The Morgan fingerprint density at radius 1 is 1.30 bits per heavy atom. The van der Waals surface area contributed by atoms with Crippen LogP contribution in [0.2, 0.25) is 0 Å². The Kier molecular flexibility index (Phi) is 6.07. The van der Waals surface area contributed by atoms with Crippen LogP contribution < -0.4 is 0 Å². The molecule has 0 amide bonds. The summed E-state index contributed by atoms with van der Waals surface area (Å²) in [5.74, 6) is -1.09. The second kappa shape index (κ2) is 8.04. The molecule has 0 radical (unpaired) electrons. The Morgan fingerprint density at radius 3 is 2.61 bits per heavy atom. The molecule has 1 aromatic carbocycles. The first-order valence-corrected chi connectivity index (χ1v) is 7.60. The third kappa shape index (κ3) is 4.27. The normalized spacial score (nSPS) is 26.7. The lowest BCUT2D eigenvalue weighted by molar-refractivity contribution is -0.166. The van der Waals surface area contributed by atoms with Crippen LogP contribution in [0.15, 0.2) is 43.0 Å². The molecule has 4 atom stereocenters. The Bertz CT molecular complexity index is 554. The fourth-order valence-electron chi connectivity index (χ4n) is 2.70. The number of hydrogen-bond acceptors (Lipinski definition) is 5. The zero-order valence-corrected chi connectivity index (χ0v) is 13.4. The van der Waals surface area contributed by atoms with Gasteiger partial charge in [-0.1, -0.05) is 43.3 Å². The average Bonchev–Trinajstić information content (AvgIpc) is 2.89. The highest BCUT2D eigenvalue weighted by molar-refractivity contribution is 5.98. The third-order valence-electron chi connectivity index (χ3n) is 4.06. The maximum absolute atomic E-state index is 12.2. The number of carbonyl (C=O) groups excluding carboxylic acids is 2. The Balaban J connectivity index is 1.99. The van der Waals surface area contributed by atoms with Gasteiger partial charge in [-0.2, -0.15) is 0 Å². The van der Waals surface area contributed by atoms with Crippen molar-refractivity contribution in [3.8, 4) is 0 Å². The SMILES string of the molecule is C=C[C@H]1[C@H](C)[C@@H](OCc2ccccc2)O[C@H]1C(=O)CC(=O)OC. The summed E-state index contributed by atoms with van der Waals surface area (Å²) in [5, 5.41) is 0. The zero-order chi connectivity index (χ0) is 16.8. The molecule has 0 aliphatic carbocycles. The van der Waals surface area contributed by atoms with Gasteiger partial charge in [-0.05, 0) is 5.56 Å². The van der Waals surface area contributed by atoms with Crippen molar-refractivity contribution < 1.29 is 23.8 Å². The predicted octanol–water partition coefficient (Wildman–Crippen LogP) is 2.50. The Labute approximate surface area is 136 Å². The molecule has 1 aliphatic rings. The van der Waals surface area contributed by atoms with Gasteiger partial charge in [-0.15, -0.1) is 6.58 Å². The fraction of sp³-hybridized carbons (Fsp3) is 0.444. The predicted molar refractivity (Wildman–Crippen MR) is 84.4 cm³/mol. The summed E-state index contributed by atoms with van der Waals surface area (Å²) in [4.78, 5) is 23.5. The van der Waals surface area contributed by atoms with E-state index in [1.165, 1.54) is 7.11 Å². The van der Waals surface area contributed by atoms with Gasteiger partial charge in [-0.3, -0.25) is 9.59 Å². The molecule has 1 heterocycles. The number of carbonyl (C=O) groups is 2. The lowest BCUT2D eigenvalue weighted by Gasteiger charge is -2.17. The van der Waals surface area contributed by atoms with E-state index in [1.54, 1.807) is 6.08 Å². The van der Waals surface area contributed by atoms with Crippen LogP contribution in [0.3, 0.4) is 0 Å². The van der Waals surface area contributed by atoms with Crippen LogP contribution in [-0.2, 0) is 30.4 Å². The molecule has 0 saturated carbocycles. The monoisotopic (exact) mass is 318 g/mol. The van der Waals surface area contributed by atoms with Gasteiger partial charge in [0.05, 0.1) is 13.7 Å². The summed E-state index contributed by atoms with van der Waals surface area (Å²) < 4.78 is 16.1. The first kappa shape index (κ1) is 17.4. The van der Waals surface area contributed by atoms with E-state index >= 15 is 0 Å². The minimum Gasteiger partial charge on any atom is -0.469 e. The lowest BCUT2D eigenvalue weighted by Crippen LogP contribution is -2.29. The van der Waals surface area contributed by atoms with Crippen molar-refractivity contribution in [2.75, 3.05) is 7.11 Å². The van der Waals surface area contributed by atoms with Gasteiger partial charge in [0.15, 0.2) is 12.1 Å². The largest absolute Gasteiger partial charge is 0.469 e.